The monoisotopic (exact) mass is 420 g/mol. The molecule has 1 N–H and O–H groups in total. The Hall–Kier alpha value is -2.08. The Morgan fingerprint density at radius 3 is 2.81 bits per heavy atom. The van der Waals surface area contributed by atoms with E-state index in [1.54, 1.807) is 41.1 Å². The molecule has 7 heteroatoms. The zero-order valence-corrected chi connectivity index (χ0v) is 17.0. The van der Waals surface area contributed by atoms with Crippen LogP contribution in [0.2, 0.25) is 10.0 Å². The fraction of sp³-hybridized carbons (Fsp3) is 0.200. The SMILES string of the molecule is C=CCCCc1ccsc1-c1c(C)c(C(=O)O)nn1-c1ccc(Cl)cc1Cl. The van der Waals surface area contributed by atoms with Crippen LogP contribution in [0.3, 0.4) is 0 Å². The van der Waals surface area contributed by atoms with Crippen molar-refractivity contribution in [2.75, 3.05) is 0 Å². The number of aromatic nitrogens is 2. The van der Waals surface area contributed by atoms with Gasteiger partial charge in [0.15, 0.2) is 5.69 Å². The van der Waals surface area contributed by atoms with Crippen LogP contribution >= 0.6 is 34.5 Å². The van der Waals surface area contributed by atoms with Crippen LogP contribution in [0.1, 0.15) is 34.5 Å². The minimum Gasteiger partial charge on any atom is -0.476 e. The summed E-state index contributed by atoms with van der Waals surface area (Å²) < 4.78 is 1.61. The number of hydrogen-bond acceptors (Lipinski definition) is 3. The summed E-state index contributed by atoms with van der Waals surface area (Å²) in [6.45, 7) is 5.54. The molecule has 0 saturated heterocycles. The lowest BCUT2D eigenvalue weighted by Crippen LogP contribution is -2.03. The number of carboxylic acids is 1. The molecule has 0 aliphatic heterocycles. The summed E-state index contributed by atoms with van der Waals surface area (Å²) in [5, 5.41) is 16.8. The zero-order chi connectivity index (χ0) is 19.6. The summed E-state index contributed by atoms with van der Waals surface area (Å²) >= 11 is 14.0. The van der Waals surface area contributed by atoms with Crippen LogP contribution in [-0.4, -0.2) is 20.9 Å². The standard InChI is InChI=1S/C20H18Cl2N2O2S/c1-3-4-5-6-13-9-10-27-19(13)18-12(2)17(20(25)26)23-24(18)16-8-7-14(21)11-15(16)22/h3,7-11H,1,4-6H2,2H3,(H,25,26). The van der Waals surface area contributed by atoms with Crippen molar-refractivity contribution in [1.29, 1.82) is 0 Å². The van der Waals surface area contributed by atoms with E-state index in [1.807, 2.05) is 11.5 Å². The fourth-order valence-corrected chi connectivity index (χ4v) is 4.50. The van der Waals surface area contributed by atoms with E-state index in [0.29, 0.717) is 21.3 Å². The maximum absolute atomic E-state index is 11.7. The second-order valence-electron chi connectivity index (χ2n) is 6.09. The minimum absolute atomic E-state index is 0.0152. The highest BCUT2D eigenvalue weighted by atomic mass is 35.5. The van der Waals surface area contributed by atoms with Gasteiger partial charge in [0.05, 0.1) is 21.3 Å². The Morgan fingerprint density at radius 2 is 2.15 bits per heavy atom. The molecule has 140 valence electrons. The number of carboxylic acid groups (broad SMARTS) is 1. The third kappa shape index (κ3) is 3.95. The molecule has 0 radical (unpaired) electrons. The molecule has 0 bridgehead atoms. The molecule has 0 aliphatic carbocycles. The van der Waals surface area contributed by atoms with Gasteiger partial charge in [-0.3, -0.25) is 0 Å². The van der Waals surface area contributed by atoms with Gasteiger partial charge in [0.25, 0.3) is 0 Å². The molecule has 0 fully saturated rings. The Kier molecular flexibility index (Phi) is 6.05. The van der Waals surface area contributed by atoms with Gasteiger partial charge >= 0.3 is 5.97 Å². The molecule has 4 nitrogen and oxygen atoms in total. The first-order valence-electron chi connectivity index (χ1n) is 8.40. The van der Waals surface area contributed by atoms with Crippen LogP contribution in [0.5, 0.6) is 0 Å². The summed E-state index contributed by atoms with van der Waals surface area (Å²) in [4.78, 5) is 12.7. The van der Waals surface area contributed by atoms with Crippen molar-refractivity contribution >= 4 is 40.5 Å². The van der Waals surface area contributed by atoms with Gasteiger partial charge in [-0.05, 0) is 61.4 Å². The van der Waals surface area contributed by atoms with Crippen molar-refractivity contribution in [3.8, 4) is 16.3 Å². The Balaban J connectivity index is 2.19. The second-order valence-corrected chi connectivity index (χ2v) is 7.85. The van der Waals surface area contributed by atoms with E-state index < -0.39 is 5.97 Å². The number of nitrogens with zero attached hydrogens (tertiary/aromatic N) is 2. The van der Waals surface area contributed by atoms with Gasteiger partial charge in [0, 0.05) is 10.6 Å². The first-order chi connectivity index (χ1) is 12.9. The fourth-order valence-electron chi connectivity index (χ4n) is 2.97. The number of benzene rings is 1. The van der Waals surface area contributed by atoms with Crippen molar-refractivity contribution in [3.63, 3.8) is 0 Å². The van der Waals surface area contributed by atoms with Crippen LogP contribution < -0.4 is 0 Å². The van der Waals surface area contributed by atoms with E-state index in [2.05, 4.69) is 17.7 Å². The lowest BCUT2D eigenvalue weighted by molar-refractivity contribution is 0.0689. The average Bonchev–Trinajstić information content (AvgIpc) is 3.19. The van der Waals surface area contributed by atoms with Crippen molar-refractivity contribution in [3.05, 3.63) is 69.2 Å². The highest BCUT2D eigenvalue weighted by Gasteiger charge is 2.24. The lowest BCUT2D eigenvalue weighted by atomic mass is 10.1. The number of unbranched alkanes of at least 4 members (excludes halogenated alkanes) is 1. The molecule has 0 aliphatic rings. The number of allylic oxidation sites excluding steroid dienone is 1. The predicted octanol–water partition coefficient (Wildman–Crippen LogP) is 6.42. The molecule has 2 aromatic heterocycles. The van der Waals surface area contributed by atoms with Crippen molar-refractivity contribution in [2.24, 2.45) is 0 Å². The van der Waals surface area contributed by atoms with Crippen LogP contribution in [0.25, 0.3) is 16.3 Å². The molecule has 27 heavy (non-hydrogen) atoms. The summed E-state index contributed by atoms with van der Waals surface area (Å²) in [6, 6.07) is 7.16. The first-order valence-corrected chi connectivity index (χ1v) is 10.0. The van der Waals surface area contributed by atoms with Crippen LogP contribution in [0.15, 0.2) is 42.3 Å². The summed E-state index contributed by atoms with van der Waals surface area (Å²) in [5.74, 6) is -1.07. The zero-order valence-electron chi connectivity index (χ0n) is 14.7. The summed E-state index contributed by atoms with van der Waals surface area (Å²) in [7, 11) is 0. The summed E-state index contributed by atoms with van der Waals surface area (Å²) in [6.07, 6.45) is 4.69. The van der Waals surface area contributed by atoms with E-state index in [-0.39, 0.29) is 5.69 Å². The van der Waals surface area contributed by atoms with Crippen LogP contribution in [-0.2, 0) is 6.42 Å². The number of hydrogen-bond donors (Lipinski definition) is 1. The average molecular weight is 421 g/mol. The lowest BCUT2D eigenvalue weighted by Gasteiger charge is -2.11. The molecule has 2 heterocycles. The number of aryl methyl sites for hydroxylation is 1. The molecule has 3 aromatic rings. The topological polar surface area (TPSA) is 55.1 Å². The molecule has 0 amide bonds. The van der Waals surface area contributed by atoms with Crippen LogP contribution in [0.4, 0.5) is 0 Å². The van der Waals surface area contributed by atoms with E-state index >= 15 is 0 Å². The molecule has 0 spiro atoms. The van der Waals surface area contributed by atoms with Crippen molar-refractivity contribution < 1.29 is 9.90 Å². The van der Waals surface area contributed by atoms with Gasteiger partial charge < -0.3 is 5.11 Å². The van der Waals surface area contributed by atoms with Crippen molar-refractivity contribution in [2.45, 2.75) is 26.2 Å². The predicted molar refractivity (Wildman–Crippen MR) is 112 cm³/mol. The Labute approximate surface area is 171 Å². The molecule has 1 aromatic carbocycles. The number of aromatic carboxylic acids is 1. The van der Waals surface area contributed by atoms with E-state index in [0.717, 1.165) is 35.4 Å². The maximum atomic E-state index is 11.7. The van der Waals surface area contributed by atoms with Gasteiger partial charge in [-0.25, -0.2) is 9.48 Å². The van der Waals surface area contributed by atoms with E-state index in [1.165, 1.54) is 0 Å². The number of carbonyl (C=O) groups is 1. The van der Waals surface area contributed by atoms with Crippen LogP contribution in [0, 0.1) is 6.92 Å². The smallest absolute Gasteiger partial charge is 0.356 e. The Morgan fingerprint density at radius 1 is 1.37 bits per heavy atom. The molecule has 0 saturated carbocycles. The number of halogens is 2. The van der Waals surface area contributed by atoms with E-state index in [9.17, 15) is 9.90 Å². The molecular weight excluding hydrogens is 403 g/mol. The van der Waals surface area contributed by atoms with Crippen molar-refractivity contribution in [1.82, 2.24) is 9.78 Å². The first kappa shape index (κ1) is 19.7. The second kappa shape index (κ2) is 8.30. The third-order valence-electron chi connectivity index (χ3n) is 4.28. The quantitative estimate of drug-likeness (QED) is 0.354. The number of rotatable bonds is 7. The Bertz CT molecular complexity index is 1010. The maximum Gasteiger partial charge on any atom is 0.356 e. The van der Waals surface area contributed by atoms with Gasteiger partial charge in [0.1, 0.15) is 0 Å². The van der Waals surface area contributed by atoms with Gasteiger partial charge in [-0.2, -0.15) is 5.10 Å². The number of thiophene rings is 1. The molecule has 0 atom stereocenters. The largest absolute Gasteiger partial charge is 0.476 e. The summed E-state index contributed by atoms with van der Waals surface area (Å²) in [5.41, 5.74) is 3.13. The van der Waals surface area contributed by atoms with E-state index in [4.69, 9.17) is 23.2 Å². The van der Waals surface area contributed by atoms with Gasteiger partial charge in [0.2, 0.25) is 0 Å². The van der Waals surface area contributed by atoms with Gasteiger partial charge in [-0.1, -0.05) is 29.3 Å². The molecular formula is C20H18Cl2N2O2S. The molecule has 0 unspecified atom stereocenters. The molecule has 3 rings (SSSR count). The minimum atomic E-state index is -1.07. The van der Waals surface area contributed by atoms with Gasteiger partial charge in [-0.15, -0.1) is 17.9 Å². The highest BCUT2D eigenvalue weighted by Crippen LogP contribution is 2.37. The third-order valence-corrected chi connectivity index (χ3v) is 5.78. The normalized spacial score (nSPS) is 10.9. The highest BCUT2D eigenvalue weighted by molar-refractivity contribution is 7.13.